The van der Waals surface area contributed by atoms with Crippen LogP contribution in [-0.2, 0) is 6.54 Å². The molecule has 134 valence electrons. The maximum absolute atomic E-state index is 12.7. The van der Waals surface area contributed by atoms with E-state index in [2.05, 4.69) is 15.3 Å². The van der Waals surface area contributed by atoms with E-state index in [0.717, 1.165) is 17.7 Å². The molecule has 0 aliphatic rings. The highest BCUT2D eigenvalue weighted by Crippen LogP contribution is 2.14. The average Bonchev–Trinajstić information content (AvgIpc) is 3.11. The van der Waals surface area contributed by atoms with Crippen molar-refractivity contribution in [3.05, 3.63) is 89.7 Å². The molecule has 0 saturated carbocycles. The van der Waals surface area contributed by atoms with Crippen LogP contribution < -0.4 is 5.32 Å². The Labute approximate surface area is 154 Å². The van der Waals surface area contributed by atoms with Crippen molar-refractivity contribution in [2.75, 3.05) is 20.6 Å². The van der Waals surface area contributed by atoms with Crippen LogP contribution in [0.3, 0.4) is 0 Å². The van der Waals surface area contributed by atoms with Crippen LogP contribution in [0, 0.1) is 0 Å². The summed E-state index contributed by atoms with van der Waals surface area (Å²) in [6.45, 7) is 1.38. The van der Waals surface area contributed by atoms with Gasteiger partial charge in [-0.25, -0.2) is 0 Å². The molecule has 5 nitrogen and oxygen atoms in total. The van der Waals surface area contributed by atoms with Crippen LogP contribution in [-0.4, -0.2) is 41.2 Å². The van der Waals surface area contributed by atoms with Crippen molar-refractivity contribution in [2.45, 2.75) is 12.6 Å². The Hall–Kier alpha value is -2.92. The minimum Gasteiger partial charge on any atom is -0.344 e. The SMILES string of the molecule is CN(C)C[C@H](NC(=O)c1cnn(Cc2ccccc2)c1)c1ccccc1. The van der Waals surface area contributed by atoms with Crippen LogP contribution >= 0.6 is 0 Å². The number of nitrogens with one attached hydrogen (secondary N) is 1. The van der Waals surface area contributed by atoms with Gasteiger partial charge < -0.3 is 10.2 Å². The van der Waals surface area contributed by atoms with Gasteiger partial charge in [0.2, 0.25) is 0 Å². The molecule has 3 rings (SSSR count). The van der Waals surface area contributed by atoms with Gasteiger partial charge in [-0.1, -0.05) is 60.7 Å². The van der Waals surface area contributed by atoms with Gasteiger partial charge in [-0.3, -0.25) is 9.48 Å². The van der Waals surface area contributed by atoms with Gasteiger partial charge in [0.05, 0.1) is 24.3 Å². The van der Waals surface area contributed by atoms with Crippen LogP contribution in [0.2, 0.25) is 0 Å². The quantitative estimate of drug-likeness (QED) is 0.714. The van der Waals surface area contributed by atoms with Crippen molar-refractivity contribution in [3.8, 4) is 0 Å². The number of hydrogen-bond donors (Lipinski definition) is 1. The second kappa shape index (κ2) is 8.45. The summed E-state index contributed by atoms with van der Waals surface area (Å²) in [5, 5.41) is 7.44. The third kappa shape index (κ3) is 4.80. The van der Waals surface area contributed by atoms with Gasteiger partial charge in [0.25, 0.3) is 5.91 Å². The van der Waals surface area contributed by atoms with E-state index in [1.54, 1.807) is 17.1 Å². The Bertz CT molecular complexity index is 827. The summed E-state index contributed by atoms with van der Waals surface area (Å²) in [6, 6.07) is 20.0. The van der Waals surface area contributed by atoms with Crippen LogP contribution in [0.1, 0.15) is 27.5 Å². The second-order valence-corrected chi connectivity index (χ2v) is 6.61. The highest BCUT2D eigenvalue weighted by molar-refractivity contribution is 5.94. The largest absolute Gasteiger partial charge is 0.344 e. The Morgan fingerprint density at radius 1 is 1.08 bits per heavy atom. The van der Waals surface area contributed by atoms with E-state index < -0.39 is 0 Å². The van der Waals surface area contributed by atoms with E-state index in [9.17, 15) is 4.79 Å². The van der Waals surface area contributed by atoms with Crippen molar-refractivity contribution < 1.29 is 4.79 Å². The summed E-state index contributed by atoms with van der Waals surface area (Å²) in [4.78, 5) is 14.8. The molecule has 3 aromatic rings. The van der Waals surface area contributed by atoms with E-state index >= 15 is 0 Å². The molecule has 0 radical (unpaired) electrons. The lowest BCUT2D eigenvalue weighted by atomic mass is 10.1. The van der Waals surface area contributed by atoms with Crippen molar-refractivity contribution in [2.24, 2.45) is 0 Å². The molecular weight excluding hydrogens is 324 g/mol. The van der Waals surface area contributed by atoms with Gasteiger partial charge in [0.1, 0.15) is 0 Å². The van der Waals surface area contributed by atoms with Crippen LogP contribution in [0.4, 0.5) is 0 Å². The lowest BCUT2D eigenvalue weighted by Gasteiger charge is -2.22. The maximum atomic E-state index is 12.7. The molecule has 0 spiro atoms. The zero-order valence-electron chi connectivity index (χ0n) is 15.2. The lowest BCUT2D eigenvalue weighted by Crippen LogP contribution is -2.35. The molecular formula is C21H24N4O. The predicted octanol–water partition coefficient (Wildman–Crippen LogP) is 2.96. The normalized spacial score (nSPS) is 12.1. The molecule has 26 heavy (non-hydrogen) atoms. The van der Waals surface area contributed by atoms with Gasteiger partial charge in [-0.05, 0) is 25.2 Å². The highest BCUT2D eigenvalue weighted by atomic mass is 16.1. The maximum Gasteiger partial charge on any atom is 0.254 e. The fourth-order valence-electron chi connectivity index (χ4n) is 2.86. The van der Waals surface area contributed by atoms with Gasteiger partial charge in [0.15, 0.2) is 0 Å². The third-order valence-corrected chi connectivity index (χ3v) is 4.14. The van der Waals surface area contributed by atoms with Crippen molar-refractivity contribution in [3.63, 3.8) is 0 Å². The standard InChI is InChI=1S/C21H24N4O/c1-24(2)16-20(18-11-7-4-8-12-18)23-21(26)19-13-22-25(15-19)14-17-9-5-3-6-10-17/h3-13,15,20H,14,16H2,1-2H3,(H,23,26)/t20-/m0/s1. The predicted molar refractivity (Wildman–Crippen MR) is 103 cm³/mol. The van der Waals surface area contributed by atoms with Gasteiger partial charge >= 0.3 is 0 Å². The summed E-state index contributed by atoms with van der Waals surface area (Å²) in [7, 11) is 4.00. The molecule has 5 heteroatoms. The molecule has 1 aromatic heterocycles. The monoisotopic (exact) mass is 348 g/mol. The van der Waals surface area contributed by atoms with E-state index in [1.165, 1.54) is 0 Å². The summed E-state index contributed by atoms with van der Waals surface area (Å²) in [6.07, 6.45) is 3.41. The first kappa shape index (κ1) is 17.9. The zero-order chi connectivity index (χ0) is 18.4. The Balaban J connectivity index is 1.70. The first-order chi connectivity index (χ1) is 12.6. The molecule has 1 N–H and O–H groups in total. The number of nitrogens with zero attached hydrogens (tertiary/aromatic N) is 3. The van der Waals surface area contributed by atoms with Crippen LogP contribution in [0.15, 0.2) is 73.1 Å². The Kier molecular flexibility index (Phi) is 5.81. The number of benzene rings is 2. The van der Waals surface area contributed by atoms with Gasteiger partial charge in [-0.2, -0.15) is 5.10 Å². The molecule has 1 heterocycles. The number of carbonyl (C=O) groups excluding carboxylic acids is 1. The van der Waals surface area contributed by atoms with Gasteiger partial charge in [0, 0.05) is 12.7 Å². The third-order valence-electron chi connectivity index (χ3n) is 4.14. The molecule has 0 aliphatic heterocycles. The molecule has 0 fully saturated rings. The van der Waals surface area contributed by atoms with E-state index in [0.29, 0.717) is 12.1 Å². The molecule has 0 aliphatic carbocycles. The first-order valence-corrected chi connectivity index (χ1v) is 8.69. The summed E-state index contributed by atoms with van der Waals surface area (Å²) in [5.41, 5.74) is 2.81. The van der Waals surface area contributed by atoms with E-state index in [-0.39, 0.29) is 11.9 Å². The Morgan fingerprint density at radius 3 is 2.38 bits per heavy atom. The molecule has 0 bridgehead atoms. The summed E-state index contributed by atoms with van der Waals surface area (Å²) >= 11 is 0. The van der Waals surface area contributed by atoms with Gasteiger partial charge in [-0.15, -0.1) is 0 Å². The number of likely N-dealkylation sites (N-methyl/N-ethyl adjacent to an activating group) is 1. The number of rotatable bonds is 7. The first-order valence-electron chi connectivity index (χ1n) is 8.69. The molecule has 0 saturated heterocycles. The summed E-state index contributed by atoms with van der Waals surface area (Å²) < 4.78 is 1.79. The minimum absolute atomic E-state index is 0.0730. The smallest absolute Gasteiger partial charge is 0.254 e. The van der Waals surface area contributed by atoms with Crippen LogP contribution in [0.25, 0.3) is 0 Å². The van der Waals surface area contributed by atoms with Crippen molar-refractivity contribution in [1.82, 2.24) is 20.0 Å². The fourth-order valence-corrected chi connectivity index (χ4v) is 2.86. The fraction of sp³-hybridized carbons (Fsp3) is 0.238. The summed E-state index contributed by atoms with van der Waals surface area (Å²) in [5.74, 6) is -0.111. The highest BCUT2D eigenvalue weighted by Gasteiger charge is 2.17. The van der Waals surface area contributed by atoms with Crippen LogP contribution in [0.5, 0.6) is 0 Å². The van der Waals surface area contributed by atoms with Crippen molar-refractivity contribution >= 4 is 5.91 Å². The molecule has 2 aromatic carbocycles. The topological polar surface area (TPSA) is 50.2 Å². The number of aromatic nitrogens is 2. The molecule has 1 atom stereocenters. The zero-order valence-corrected chi connectivity index (χ0v) is 15.2. The molecule has 1 amide bonds. The number of hydrogen-bond acceptors (Lipinski definition) is 3. The number of carbonyl (C=O) groups is 1. The van der Waals surface area contributed by atoms with E-state index in [4.69, 9.17) is 0 Å². The number of amides is 1. The molecule has 0 unspecified atom stereocenters. The van der Waals surface area contributed by atoms with Crippen molar-refractivity contribution in [1.29, 1.82) is 0 Å². The average molecular weight is 348 g/mol. The second-order valence-electron chi connectivity index (χ2n) is 6.61. The minimum atomic E-state index is -0.111. The Morgan fingerprint density at radius 2 is 1.73 bits per heavy atom. The van der Waals surface area contributed by atoms with E-state index in [1.807, 2.05) is 74.8 Å². The lowest BCUT2D eigenvalue weighted by molar-refractivity contribution is 0.0930.